The second-order valence-corrected chi connectivity index (χ2v) is 7.98. The third-order valence-corrected chi connectivity index (χ3v) is 5.90. The maximum atomic E-state index is 11.9. The number of aromatic nitrogens is 2. The maximum Gasteiger partial charge on any atom is 0.336 e. The van der Waals surface area contributed by atoms with Crippen molar-refractivity contribution in [1.29, 1.82) is 0 Å². The van der Waals surface area contributed by atoms with E-state index in [1.807, 2.05) is 38.1 Å². The van der Waals surface area contributed by atoms with Crippen molar-refractivity contribution in [3.63, 3.8) is 0 Å². The first-order valence-electron chi connectivity index (χ1n) is 8.67. The van der Waals surface area contributed by atoms with Gasteiger partial charge in [-0.05, 0) is 67.3 Å². The molecule has 5 nitrogen and oxygen atoms in total. The van der Waals surface area contributed by atoms with Crippen LogP contribution in [0.15, 0.2) is 55.2 Å². The summed E-state index contributed by atoms with van der Waals surface area (Å²) in [6, 6.07) is 11.1. The van der Waals surface area contributed by atoms with Crippen LogP contribution in [-0.4, -0.2) is 10.2 Å². The van der Waals surface area contributed by atoms with Gasteiger partial charge in [0.2, 0.25) is 5.89 Å². The maximum absolute atomic E-state index is 11.9. The number of fused-ring (bicyclic) bond motifs is 1. The van der Waals surface area contributed by atoms with Crippen LogP contribution in [0.4, 0.5) is 0 Å². The lowest BCUT2D eigenvalue weighted by Crippen LogP contribution is -2.00. The summed E-state index contributed by atoms with van der Waals surface area (Å²) < 4.78 is 11.1. The summed E-state index contributed by atoms with van der Waals surface area (Å²) >= 11 is 7.61. The molecule has 0 aliphatic carbocycles. The zero-order valence-corrected chi connectivity index (χ0v) is 17.1. The SMILES string of the molecule is Cc1ccc(-c2nnc(SCc3cc(=O)oc4cc(C)c(Cl)cc34)o2)cc1C. The third-order valence-electron chi connectivity index (χ3n) is 4.62. The summed E-state index contributed by atoms with van der Waals surface area (Å²) in [5.74, 6) is 0.956. The fourth-order valence-corrected chi connectivity index (χ4v) is 3.78. The van der Waals surface area contributed by atoms with Gasteiger partial charge in [0.25, 0.3) is 5.22 Å². The topological polar surface area (TPSA) is 69.1 Å². The first kappa shape index (κ1) is 18.8. The predicted octanol–water partition coefficient (Wildman–Crippen LogP) is 5.71. The lowest BCUT2D eigenvalue weighted by Gasteiger charge is -2.06. The van der Waals surface area contributed by atoms with Crippen molar-refractivity contribution in [3.8, 4) is 11.5 Å². The fraction of sp³-hybridized carbons (Fsp3) is 0.190. The van der Waals surface area contributed by atoms with E-state index in [0.717, 1.165) is 22.1 Å². The van der Waals surface area contributed by atoms with Gasteiger partial charge in [-0.1, -0.05) is 29.4 Å². The minimum atomic E-state index is -0.397. The summed E-state index contributed by atoms with van der Waals surface area (Å²) in [5, 5.41) is 10.1. The van der Waals surface area contributed by atoms with Crippen LogP contribution < -0.4 is 5.63 Å². The largest absolute Gasteiger partial charge is 0.423 e. The standard InChI is InChI=1S/C21H17ClN2O3S/c1-11-4-5-14(6-12(11)2)20-23-24-21(27-20)28-10-15-8-19(25)26-18-7-13(3)17(22)9-16(15)18/h4-9H,10H2,1-3H3. The molecule has 4 aromatic rings. The zero-order chi connectivity index (χ0) is 19.8. The zero-order valence-electron chi connectivity index (χ0n) is 15.6. The second-order valence-electron chi connectivity index (χ2n) is 6.65. The molecule has 0 bridgehead atoms. The van der Waals surface area contributed by atoms with Crippen LogP contribution >= 0.6 is 23.4 Å². The van der Waals surface area contributed by atoms with E-state index < -0.39 is 5.63 Å². The molecule has 0 saturated heterocycles. The Morgan fingerprint density at radius 3 is 2.57 bits per heavy atom. The summed E-state index contributed by atoms with van der Waals surface area (Å²) in [4.78, 5) is 11.9. The molecule has 0 fully saturated rings. The van der Waals surface area contributed by atoms with E-state index >= 15 is 0 Å². The van der Waals surface area contributed by atoms with Crippen LogP contribution in [0.5, 0.6) is 0 Å². The molecule has 2 aromatic carbocycles. The Kier molecular flexibility index (Phi) is 5.00. The van der Waals surface area contributed by atoms with Crippen LogP contribution in [-0.2, 0) is 5.75 Å². The lowest BCUT2D eigenvalue weighted by atomic mass is 10.1. The van der Waals surface area contributed by atoms with E-state index in [1.165, 1.54) is 29.0 Å². The highest BCUT2D eigenvalue weighted by Crippen LogP contribution is 2.30. The highest BCUT2D eigenvalue weighted by molar-refractivity contribution is 7.98. The summed E-state index contributed by atoms with van der Waals surface area (Å²) in [7, 11) is 0. The van der Waals surface area contributed by atoms with Crippen molar-refractivity contribution in [2.75, 3.05) is 0 Å². The van der Waals surface area contributed by atoms with Gasteiger partial charge in [0, 0.05) is 27.8 Å². The predicted molar refractivity (Wildman–Crippen MR) is 111 cm³/mol. The van der Waals surface area contributed by atoms with Crippen molar-refractivity contribution in [3.05, 3.63) is 74.1 Å². The molecule has 7 heteroatoms. The average molecular weight is 413 g/mol. The van der Waals surface area contributed by atoms with Gasteiger partial charge in [0.05, 0.1) is 0 Å². The van der Waals surface area contributed by atoms with Gasteiger partial charge in [0.1, 0.15) is 5.58 Å². The highest BCUT2D eigenvalue weighted by atomic mass is 35.5. The summed E-state index contributed by atoms with van der Waals surface area (Å²) in [5.41, 5.74) is 5.05. The highest BCUT2D eigenvalue weighted by Gasteiger charge is 2.13. The van der Waals surface area contributed by atoms with E-state index in [1.54, 1.807) is 6.07 Å². The molecule has 0 atom stereocenters. The molecule has 0 radical (unpaired) electrons. The fourth-order valence-electron chi connectivity index (χ4n) is 2.87. The van der Waals surface area contributed by atoms with Crippen LogP contribution in [0.3, 0.4) is 0 Å². The van der Waals surface area contributed by atoms with Gasteiger partial charge < -0.3 is 8.83 Å². The number of hydrogen-bond acceptors (Lipinski definition) is 6. The molecule has 28 heavy (non-hydrogen) atoms. The van der Waals surface area contributed by atoms with Gasteiger partial charge in [0.15, 0.2) is 0 Å². The molecule has 0 N–H and O–H groups in total. The van der Waals surface area contributed by atoms with Gasteiger partial charge in [-0.3, -0.25) is 0 Å². The Bertz CT molecular complexity index is 1250. The van der Waals surface area contributed by atoms with E-state index in [-0.39, 0.29) is 0 Å². The van der Waals surface area contributed by atoms with E-state index in [9.17, 15) is 4.79 Å². The molecule has 2 heterocycles. The summed E-state index contributed by atoms with van der Waals surface area (Å²) in [6.45, 7) is 5.97. The molecule has 0 aliphatic heterocycles. The summed E-state index contributed by atoms with van der Waals surface area (Å²) in [6.07, 6.45) is 0. The number of benzene rings is 2. The van der Waals surface area contributed by atoms with Gasteiger partial charge in [-0.2, -0.15) is 0 Å². The van der Waals surface area contributed by atoms with Gasteiger partial charge in [-0.25, -0.2) is 4.79 Å². The minimum Gasteiger partial charge on any atom is -0.423 e. The molecule has 2 aromatic heterocycles. The Balaban J connectivity index is 1.60. The van der Waals surface area contributed by atoms with E-state index in [0.29, 0.717) is 27.5 Å². The Hall–Kier alpha value is -2.57. The Morgan fingerprint density at radius 2 is 1.79 bits per heavy atom. The molecule has 4 rings (SSSR count). The van der Waals surface area contributed by atoms with Crippen molar-refractivity contribution in [2.24, 2.45) is 0 Å². The molecular formula is C21H17ClN2O3S. The monoisotopic (exact) mass is 412 g/mol. The number of halogens is 1. The lowest BCUT2D eigenvalue weighted by molar-refractivity contribution is 0.466. The Morgan fingerprint density at radius 1 is 0.964 bits per heavy atom. The smallest absolute Gasteiger partial charge is 0.336 e. The quantitative estimate of drug-likeness (QED) is 0.315. The van der Waals surface area contributed by atoms with Crippen molar-refractivity contribution in [1.82, 2.24) is 10.2 Å². The van der Waals surface area contributed by atoms with Crippen LogP contribution in [0.25, 0.3) is 22.4 Å². The molecule has 0 amide bonds. The van der Waals surface area contributed by atoms with Crippen LogP contribution in [0, 0.1) is 20.8 Å². The molecule has 142 valence electrons. The number of thioether (sulfide) groups is 1. The number of aryl methyl sites for hydroxylation is 3. The second kappa shape index (κ2) is 7.45. The first-order valence-corrected chi connectivity index (χ1v) is 10.0. The minimum absolute atomic E-state index is 0.397. The van der Waals surface area contributed by atoms with Crippen LogP contribution in [0.1, 0.15) is 22.3 Å². The van der Waals surface area contributed by atoms with Gasteiger partial charge in [-0.15, -0.1) is 10.2 Å². The molecular weight excluding hydrogens is 396 g/mol. The van der Waals surface area contributed by atoms with E-state index in [4.69, 9.17) is 20.4 Å². The van der Waals surface area contributed by atoms with Gasteiger partial charge >= 0.3 is 5.63 Å². The molecule has 0 unspecified atom stereocenters. The first-order chi connectivity index (χ1) is 13.4. The molecule has 0 aliphatic rings. The Labute approximate surface area is 170 Å². The van der Waals surface area contributed by atoms with Crippen molar-refractivity contribution < 1.29 is 8.83 Å². The molecule has 0 saturated carbocycles. The normalized spacial score (nSPS) is 11.3. The number of hydrogen-bond donors (Lipinski definition) is 0. The van der Waals surface area contributed by atoms with Crippen LogP contribution in [0.2, 0.25) is 5.02 Å². The number of rotatable bonds is 4. The van der Waals surface area contributed by atoms with Crippen molar-refractivity contribution in [2.45, 2.75) is 31.7 Å². The third kappa shape index (κ3) is 3.70. The van der Waals surface area contributed by atoms with E-state index in [2.05, 4.69) is 17.1 Å². The van der Waals surface area contributed by atoms with Crippen molar-refractivity contribution >= 4 is 34.3 Å². The number of nitrogens with zero attached hydrogens (tertiary/aromatic N) is 2. The average Bonchev–Trinajstić information content (AvgIpc) is 3.12. The molecule has 0 spiro atoms.